The van der Waals surface area contributed by atoms with Crippen LogP contribution in [0.25, 0.3) is 0 Å². The quantitative estimate of drug-likeness (QED) is 0.145. The van der Waals surface area contributed by atoms with E-state index < -0.39 is 64.0 Å². The summed E-state index contributed by atoms with van der Waals surface area (Å²) in [6.07, 6.45) is 10.5. The summed E-state index contributed by atoms with van der Waals surface area (Å²) in [6, 6.07) is 0. The highest BCUT2D eigenvalue weighted by Gasteiger charge is 2.67. The molecule has 12 aliphatic rings. The predicted molar refractivity (Wildman–Crippen MR) is 202 cm³/mol. The fourth-order valence-electron chi connectivity index (χ4n) is 17.1. The van der Waals surface area contributed by atoms with Gasteiger partial charge in [-0.15, -0.1) is 0 Å². The molecule has 13 unspecified atom stereocenters. The van der Waals surface area contributed by atoms with E-state index in [2.05, 4.69) is 27.7 Å². The number of carbonyl (C=O) groups is 5. The zero-order valence-corrected chi connectivity index (χ0v) is 34.5. The second-order valence-electron chi connectivity index (χ2n) is 22.7. The Hall–Kier alpha value is -2.53. The summed E-state index contributed by atoms with van der Waals surface area (Å²) >= 11 is 0. The first kappa shape index (κ1) is 38.7. The van der Waals surface area contributed by atoms with Crippen molar-refractivity contribution in [2.45, 2.75) is 153 Å². The molecule has 57 heavy (non-hydrogen) atoms. The van der Waals surface area contributed by atoms with Crippen LogP contribution in [0.1, 0.15) is 131 Å². The second kappa shape index (κ2) is 12.7. The van der Waals surface area contributed by atoms with E-state index in [4.69, 9.17) is 18.9 Å². The molecule has 13 atom stereocenters. The summed E-state index contributed by atoms with van der Waals surface area (Å²) < 4.78 is 24.3. The number of esters is 5. The van der Waals surface area contributed by atoms with Gasteiger partial charge in [-0.2, -0.15) is 0 Å². The largest absolute Gasteiger partial charge is 0.465 e. The van der Waals surface area contributed by atoms with Gasteiger partial charge in [0.1, 0.15) is 11.2 Å². The average molecular weight is 793 g/mol. The van der Waals surface area contributed by atoms with Crippen LogP contribution in [0.2, 0.25) is 0 Å². The first-order valence-corrected chi connectivity index (χ1v) is 22.6. The third kappa shape index (κ3) is 5.86. The maximum atomic E-state index is 15.3. The van der Waals surface area contributed by atoms with Crippen LogP contribution in [-0.4, -0.2) is 69.1 Å². The molecule has 10 bridgehead atoms. The van der Waals surface area contributed by atoms with Crippen LogP contribution in [0.15, 0.2) is 0 Å². The van der Waals surface area contributed by atoms with Gasteiger partial charge in [0.25, 0.3) is 0 Å². The van der Waals surface area contributed by atoms with Crippen molar-refractivity contribution in [1.29, 1.82) is 0 Å². The lowest BCUT2D eigenvalue weighted by Gasteiger charge is -2.63. The van der Waals surface area contributed by atoms with Gasteiger partial charge in [-0.25, -0.2) is 0 Å². The molecule has 2 saturated heterocycles. The molecule has 11 heteroatoms. The van der Waals surface area contributed by atoms with Crippen LogP contribution in [0, 0.1) is 94.2 Å². The topological polar surface area (TPSA) is 163 Å². The monoisotopic (exact) mass is 792 g/mol. The maximum absolute atomic E-state index is 15.3. The van der Waals surface area contributed by atoms with Crippen LogP contribution < -0.4 is 0 Å². The Morgan fingerprint density at radius 2 is 1.42 bits per heavy atom. The van der Waals surface area contributed by atoms with E-state index in [0.717, 1.165) is 25.7 Å². The molecule has 2 aliphatic heterocycles. The molecule has 10 aliphatic carbocycles. The molecule has 0 aromatic carbocycles. The summed E-state index contributed by atoms with van der Waals surface area (Å²) in [4.78, 5) is 69.6. The molecular weight excluding hydrogens is 728 g/mol. The molecule has 0 spiro atoms. The zero-order chi connectivity index (χ0) is 40.2. The van der Waals surface area contributed by atoms with Crippen LogP contribution in [-0.2, 0) is 42.9 Å². The third-order valence-corrected chi connectivity index (χ3v) is 18.9. The van der Waals surface area contributed by atoms with Crippen molar-refractivity contribution >= 4 is 29.8 Å². The minimum Gasteiger partial charge on any atom is -0.465 e. The molecule has 0 amide bonds. The van der Waals surface area contributed by atoms with Crippen molar-refractivity contribution < 1.29 is 53.1 Å². The van der Waals surface area contributed by atoms with Gasteiger partial charge in [-0.05, 0) is 137 Å². The van der Waals surface area contributed by atoms with Gasteiger partial charge in [0.05, 0.1) is 47.4 Å². The van der Waals surface area contributed by atoms with E-state index in [-0.39, 0.29) is 90.4 Å². The Balaban J connectivity index is 0.992. The Morgan fingerprint density at radius 1 is 0.789 bits per heavy atom. The van der Waals surface area contributed by atoms with Crippen LogP contribution in [0.4, 0.5) is 0 Å². The lowest BCUT2D eigenvalue weighted by molar-refractivity contribution is -0.263. The number of fused-ring (bicyclic) bond motifs is 5. The van der Waals surface area contributed by atoms with Gasteiger partial charge in [-0.1, -0.05) is 27.7 Å². The summed E-state index contributed by atoms with van der Waals surface area (Å²) in [5.74, 6) is -4.16. The standard InChI is InChI=1S/C46H64O11/c1-22(2)42(5,43-12-25-6-26(13-43)8-27(7-25)14-43)56-38(48)29(9-30-23(3)31-11-32(30)34-18-54-40(50)36(31)34)10-33(35-24(4)37(47)55-41(35)51)39(49)57-46-17-28-15-44(52,20-46)19-45(53,16-28)21-46/h22-36,52-53H,6-21H2,1-5H3. The summed E-state index contributed by atoms with van der Waals surface area (Å²) in [6.45, 7) is 10.6. The minimum atomic E-state index is -1.18. The van der Waals surface area contributed by atoms with Crippen molar-refractivity contribution in [2.75, 3.05) is 6.61 Å². The molecule has 12 rings (SSSR count). The lowest BCUT2D eigenvalue weighted by atomic mass is 9.44. The van der Waals surface area contributed by atoms with Crippen LogP contribution >= 0.6 is 0 Å². The fraction of sp³-hybridized carbons (Fsp3) is 0.891. The summed E-state index contributed by atoms with van der Waals surface area (Å²) in [5, 5.41) is 23.1. The van der Waals surface area contributed by atoms with Crippen molar-refractivity contribution in [3.8, 4) is 0 Å². The van der Waals surface area contributed by atoms with E-state index >= 15 is 4.79 Å². The van der Waals surface area contributed by atoms with E-state index in [0.29, 0.717) is 50.0 Å². The first-order chi connectivity index (χ1) is 26.8. The Bertz CT molecular complexity index is 1700. The zero-order valence-electron chi connectivity index (χ0n) is 34.5. The Morgan fingerprint density at radius 3 is 1.98 bits per heavy atom. The maximum Gasteiger partial charge on any atom is 0.318 e. The lowest BCUT2D eigenvalue weighted by Crippen LogP contribution is -2.67. The highest BCUT2D eigenvalue weighted by atomic mass is 16.6. The first-order valence-electron chi connectivity index (χ1n) is 22.6. The Kier molecular flexibility index (Phi) is 8.64. The number of cyclic esters (lactones) is 3. The number of ether oxygens (including phenoxy) is 4. The van der Waals surface area contributed by atoms with Gasteiger partial charge in [0, 0.05) is 30.6 Å². The van der Waals surface area contributed by atoms with E-state index in [1.807, 2.05) is 0 Å². The third-order valence-electron chi connectivity index (χ3n) is 18.9. The highest BCUT2D eigenvalue weighted by Crippen LogP contribution is 2.67. The Labute approximate surface area is 336 Å². The van der Waals surface area contributed by atoms with Crippen LogP contribution in [0.3, 0.4) is 0 Å². The molecule has 0 aromatic heterocycles. The van der Waals surface area contributed by atoms with Gasteiger partial charge >= 0.3 is 29.8 Å². The molecule has 2 heterocycles. The van der Waals surface area contributed by atoms with Crippen molar-refractivity contribution in [3.63, 3.8) is 0 Å². The van der Waals surface area contributed by atoms with E-state index in [1.54, 1.807) is 6.92 Å². The van der Waals surface area contributed by atoms with Gasteiger partial charge in [0.2, 0.25) is 0 Å². The molecule has 11 nitrogen and oxygen atoms in total. The molecule has 0 aromatic rings. The average Bonchev–Trinajstić information content (AvgIpc) is 3.81. The molecule has 10 saturated carbocycles. The summed E-state index contributed by atoms with van der Waals surface area (Å²) in [5.41, 5.74) is -4.28. The van der Waals surface area contributed by atoms with Crippen molar-refractivity contribution in [3.05, 3.63) is 0 Å². The number of hydrogen-bond donors (Lipinski definition) is 2. The van der Waals surface area contributed by atoms with Gasteiger partial charge in [0.15, 0.2) is 0 Å². The second-order valence-corrected chi connectivity index (χ2v) is 22.7. The van der Waals surface area contributed by atoms with E-state index in [1.165, 1.54) is 19.3 Å². The summed E-state index contributed by atoms with van der Waals surface area (Å²) in [7, 11) is 0. The molecule has 0 radical (unpaired) electrons. The normalized spacial score (nSPS) is 50.5. The highest BCUT2D eigenvalue weighted by molar-refractivity contribution is 5.98. The predicted octanol–water partition coefficient (Wildman–Crippen LogP) is 5.94. The van der Waals surface area contributed by atoms with Crippen molar-refractivity contribution in [1.82, 2.24) is 0 Å². The fourth-order valence-corrected chi connectivity index (χ4v) is 17.1. The van der Waals surface area contributed by atoms with Crippen LogP contribution in [0.5, 0.6) is 0 Å². The van der Waals surface area contributed by atoms with Gasteiger partial charge in [-0.3, -0.25) is 24.0 Å². The molecule has 2 N–H and O–H groups in total. The molecule has 12 fully saturated rings. The molecular formula is C46H64O11. The minimum absolute atomic E-state index is 0.00461. The van der Waals surface area contributed by atoms with E-state index in [9.17, 15) is 29.4 Å². The number of aliphatic hydroxyl groups is 2. The number of rotatable bonds is 11. The SMILES string of the molecule is CC1C(=O)OC(=O)C1C(CC(CC1C(C)C2CC1C1COC(=O)C21)C(=O)OC(C)(C(C)C)C12CC3CC(CC(C3)C1)C2)C(=O)OC12CC3CC(O)(CC(O)(C3)C1)C2. The number of hydrogen-bond acceptors (Lipinski definition) is 11. The smallest absolute Gasteiger partial charge is 0.318 e. The molecule has 314 valence electrons. The van der Waals surface area contributed by atoms with Crippen molar-refractivity contribution in [2.24, 2.45) is 94.2 Å². The number of carbonyl (C=O) groups excluding carboxylic acids is 5. The van der Waals surface area contributed by atoms with Gasteiger partial charge < -0.3 is 29.2 Å².